The molecule has 2 nitrogen and oxygen atoms in total. The van der Waals surface area contributed by atoms with Crippen molar-refractivity contribution in [3.8, 4) is 0 Å². The molecule has 1 aromatic heterocycles. The van der Waals surface area contributed by atoms with E-state index in [1.54, 1.807) is 0 Å². The molecule has 0 spiro atoms. The van der Waals surface area contributed by atoms with Crippen LogP contribution in [0.2, 0.25) is 0 Å². The summed E-state index contributed by atoms with van der Waals surface area (Å²) >= 11 is 0. The van der Waals surface area contributed by atoms with Gasteiger partial charge in [-0.15, -0.1) is 0 Å². The zero-order valence-electron chi connectivity index (χ0n) is 6.45. The topological polar surface area (TPSA) is 14.2 Å². The van der Waals surface area contributed by atoms with Crippen molar-refractivity contribution in [1.29, 1.82) is 0 Å². The third-order valence-electron chi connectivity index (χ3n) is 1.46. The fraction of sp³-hybridized carbons (Fsp3) is 0.500. The highest BCUT2D eigenvalue weighted by Crippen LogP contribution is 2.05. The molecule has 0 saturated carbocycles. The number of ether oxygens (including phenoxy) is 1. The Bertz CT molecular complexity index is 169. The molecule has 0 aliphatic carbocycles. The maximum atomic E-state index is 5.35. The summed E-state index contributed by atoms with van der Waals surface area (Å²) in [6.45, 7) is 4.79. The van der Waals surface area contributed by atoms with Crippen molar-refractivity contribution in [3.63, 3.8) is 0 Å². The van der Waals surface area contributed by atoms with Gasteiger partial charge >= 0.3 is 0 Å². The molecule has 1 rings (SSSR count). The molecule has 1 heterocycles. The van der Waals surface area contributed by atoms with E-state index in [2.05, 4.69) is 0 Å². The van der Waals surface area contributed by atoms with Gasteiger partial charge in [0.2, 0.25) is 0 Å². The van der Waals surface area contributed by atoms with E-state index in [1.807, 2.05) is 42.9 Å². The summed E-state index contributed by atoms with van der Waals surface area (Å²) in [5.41, 5.74) is 0. The molecule has 0 radical (unpaired) electrons. The summed E-state index contributed by atoms with van der Waals surface area (Å²) in [7, 11) is 0. The quantitative estimate of drug-likeness (QED) is 0.625. The fourth-order valence-electron chi connectivity index (χ4n) is 0.918. The van der Waals surface area contributed by atoms with Crippen molar-refractivity contribution < 1.29 is 4.74 Å². The first-order chi connectivity index (χ1) is 4.84. The summed E-state index contributed by atoms with van der Waals surface area (Å²) < 4.78 is 7.38. The highest BCUT2D eigenvalue weighted by molar-refractivity contribution is 4.90. The van der Waals surface area contributed by atoms with E-state index in [-0.39, 0.29) is 6.23 Å². The van der Waals surface area contributed by atoms with E-state index in [1.165, 1.54) is 0 Å². The standard InChI is InChI=1S/C8H13NO/c1-3-10-8(2)9-6-4-5-7-9/h4-8H,3H2,1-2H3. The largest absolute Gasteiger partial charge is 0.359 e. The van der Waals surface area contributed by atoms with E-state index in [0.29, 0.717) is 0 Å². The summed E-state index contributed by atoms with van der Waals surface area (Å²) in [5, 5.41) is 0. The van der Waals surface area contributed by atoms with Gasteiger partial charge in [0.25, 0.3) is 0 Å². The van der Waals surface area contributed by atoms with Crippen LogP contribution in [0.3, 0.4) is 0 Å². The molecule has 0 amide bonds. The summed E-state index contributed by atoms with van der Waals surface area (Å²) in [6, 6.07) is 3.99. The second-order valence-corrected chi connectivity index (χ2v) is 2.18. The van der Waals surface area contributed by atoms with Crippen molar-refractivity contribution in [3.05, 3.63) is 24.5 Å². The Kier molecular flexibility index (Phi) is 2.51. The molecule has 0 saturated heterocycles. The van der Waals surface area contributed by atoms with Gasteiger partial charge in [-0.25, -0.2) is 0 Å². The Morgan fingerprint density at radius 2 is 2.00 bits per heavy atom. The first kappa shape index (κ1) is 7.35. The molecule has 1 unspecified atom stereocenters. The van der Waals surface area contributed by atoms with Gasteiger partial charge in [-0.2, -0.15) is 0 Å². The van der Waals surface area contributed by atoms with Gasteiger partial charge in [0.15, 0.2) is 0 Å². The first-order valence-electron chi connectivity index (χ1n) is 3.58. The second kappa shape index (κ2) is 3.42. The number of hydrogen-bond acceptors (Lipinski definition) is 1. The highest BCUT2D eigenvalue weighted by Gasteiger charge is 1.98. The maximum absolute atomic E-state index is 5.35. The smallest absolute Gasteiger partial charge is 0.130 e. The van der Waals surface area contributed by atoms with Crippen LogP contribution in [0.4, 0.5) is 0 Å². The third kappa shape index (κ3) is 1.61. The molecule has 1 aromatic rings. The van der Waals surface area contributed by atoms with Crippen LogP contribution in [0.15, 0.2) is 24.5 Å². The lowest BCUT2D eigenvalue weighted by molar-refractivity contribution is 0.0251. The minimum atomic E-state index is 0.167. The van der Waals surface area contributed by atoms with Crippen LogP contribution < -0.4 is 0 Å². The molecule has 1 atom stereocenters. The van der Waals surface area contributed by atoms with Crippen LogP contribution in [-0.4, -0.2) is 11.2 Å². The van der Waals surface area contributed by atoms with E-state index in [0.717, 1.165) is 6.61 Å². The Morgan fingerprint density at radius 3 is 2.50 bits per heavy atom. The average Bonchev–Trinajstić information content (AvgIpc) is 2.38. The van der Waals surface area contributed by atoms with Crippen LogP contribution in [0, 0.1) is 0 Å². The van der Waals surface area contributed by atoms with Crippen LogP contribution in [0.1, 0.15) is 20.1 Å². The van der Waals surface area contributed by atoms with Crippen molar-refractivity contribution in [2.24, 2.45) is 0 Å². The Balaban J connectivity index is 2.50. The maximum Gasteiger partial charge on any atom is 0.130 e. The lowest BCUT2D eigenvalue weighted by Crippen LogP contribution is -2.06. The zero-order chi connectivity index (χ0) is 7.40. The molecule has 2 heteroatoms. The van der Waals surface area contributed by atoms with Crippen LogP contribution in [-0.2, 0) is 4.74 Å². The molecule has 0 aromatic carbocycles. The van der Waals surface area contributed by atoms with Gasteiger partial charge < -0.3 is 9.30 Å². The lowest BCUT2D eigenvalue weighted by atomic mass is 10.6. The SMILES string of the molecule is CCOC(C)n1cccc1. The van der Waals surface area contributed by atoms with E-state index in [4.69, 9.17) is 4.74 Å². The molecular weight excluding hydrogens is 126 g/mol. The Hall–Kier alpha value is -0.760. The minimum Gasteiger partial charge on any atom is -0.359 e. The molecule has 10 heavy (non-hydrogen) atoms. The molecule has 56 valence electrons. The molecule has 0 N–H and O–H groups in total. The van der Waals surface area contributed by atoms with E-state index < -0.39 is 0 Å². The van der Waals surface area contributed by atoms with E-state index in [9.17, 15) is 0 Å². The normalized spacial score (nSPS) is 13.4. The van der Waals surface area contributed by atoms with Gasteiger partial charge in [0.05, 0.1) is 0 Å². The first-order valence-corrected chi connectivity index (χ1v) is 3.58. The summed E-state index contributed by atoms with van der Waals surface area (Å²) in [4.78, 5) is 0. The van der Waals surface area contributed by atoms with Crippen LogP contribution >= 0.6 is 0 Å². The monoisotopic (exact) mass is 139 g/mol. The van der Waals surface area contributed by atoms with Gasteiger partial charge in [-0.1, -0.05) is 0 Å². The molecule has 0 aliphatic rings. The summed E-state index contributed by atoms with van der Waals surface area (Å²) in [6.07, 6.45) is 4.17. The summed E-state index contributed by atoms with van der Waals surface area (Å²) in [5.74, 6) is 0. The minimum absolute atomic E-state index is 0.167. The predicted octanol–water partition coefficient (Wildman–Crippen LogP) is 2.04. The second-order valence-electron chi connectivity index (χ2n) is 2.18. The van der Waals surface area contributed by atoms with Crippen molar-refractivity contribution in [2.75, 3.05) is 6.61 Å². The molecular formula is C8H13NO. The van der Waals surface area contributed by atoms with Crippen molar-refractivity contribution >= 4 is 0 Å². The lowest BCUT2D eigenvalue weighted by Gasteiger charge is -2.12. The average molecular weight is 139 g/mol. The number of aromatic nitrogens is 1. The fourth-order valence-corrected chi connectivity index (χ4v) is 0.918. The Morgan fingerprint density at radius 1 is 1.40 bits per heavy atom. The number of nitrogens with zero attached hydrogens (tertiary/aromatic N) is 1. The molecule has 0 fully saturated rings. The number of rotatable bonds is 3. The van der Waals surface area contributed by atoms with Gasteiger partial charge in [-0.05, 0) is 26.0 Å². The van der Waals surface area contributed by atoms with E-state index >= 15 is 0 Å². The zero-order valence-corrected chi connectivity index (χ0v) is 6.45. The van der Waals surface area contributed by atoms with Gasteiger partial charge in [-0.3, -0.25) is 0 Å². The van der Waals surface area contributed by atoms with Crippen molar-refractivity contribution in [2.45, 2.75) is 20.1 Å². The van der Waals surface area contributed by atoms with Crippen LogP contribution in [0.5, 0.6) is 0 Å². The molecule has 0 aliphatic heterocycles. The molecule has 0 bridgehead atoms. The number of hydrogen-bond donors (Lipinski definition) is 0. The Labute approximate surface area is 61.4 Å². The highest BCUT2D eigenvalue weighted by atomic mass is 16.5. The third-order valence-corrected chi connectivity index (χ3v) is 1.46. The van der Waals surface area contributed by atoms with Gasteiger partial charge in [0.1, 0.15) is 6.23 Å². The van der Waals surface area contributed by atoms with Crippen molar-refractivity contribution in [1.82, 2.24) is 4.57 Å². The van der Waals surface area contributed by atoms with Crippen LogP contribution in [0.25, 0.3) is 0 Å². The van der Waals surface area contributed by atoms with Gasteiger partial charge in [0, 0.05) is 19.0 Å². The predicted molar refractivity (Wildman–Crippen MR) is 40.8 cm³/mol.